The predicted octanol–water partition coefficient (Wildman–Crippen LogP) is 3.94. The molecule has 1 heterocycles. The Morgan fingerprint density at radius 3 is 2.32 bits per heavy atom. The summed E-state index contributed by atoms with van der Waals surface area (Å²) < 4.78 is 0. The number of allylic oxidation sites excluding steroid dienone is 2. The smallest absolute Gasteiger partial charge is 0.253 e. The van der Waals surface area contributed by atoms with Crippen molar-refractivity contribution >= 4 is 23.4 Å². The Bertz CT molecular complexity index is 821. The summed E-state index contributed by atoms with van der Waals surface area (Å²) in [5, 5.41) is 0. The fraction of sp³-hybridized carbons (Fsp3) is 0.522. The first-order valence-corrected chi connectivity index (χ1v) is 10.4. The van der Waals surface area contributed by atoms with E-state index < -0.39 is 0 Å². The average Bonchev–Trinajstić information content (AvgIpc) is 2.97. The maximum Gasteiger partial charge on any atom is 0.253 e. The number of amides is 3. The highest BCUT2D eigenvalue weighted by Gasteiger charge is 2.48. The summed E-state index contributed by atoms with van der Waals surface area (Å²) in [6.45, 7) is 2.01. The Balaban J connectivity index is 1.50. The number of benzene rings is 1. The fourth-order valence-corrected chi connectivity index (χ4v) is 4.88. The average molecular weight is 380 g/mol. The molecule has 5 heteroatoms. The van der Waals surface area contributed by atoms with E-state index in [9.17, 15) is 14.4 Å². The van der Waals surface area contributed by atoms with Crippen LogP contribution in [0.2, 0.25) is 0 Å². The molecule has 5 nitrogen and oxygen atoms in total. The molecule has 1 aromatic carbocycles. The van der Waals surface area contributed by atoms with E-state index in [0.717, 1.165) is 12.8 Å². The monoisotopic (exact) mass is 380 g/mol. The molecule has 2 aliphatic carbocycles. The van der Waals surface area contributed by atoms with Crippen molar-refractivity contribution in [2.45, 2.75) is 57.9 Å². The molecule has 148 valence electrons. The molecule has 0 spiro atoms. The first-order valence-electron chi connectivity index (χ1n) is 10.4. The lowest BCUT2D eigenvalue weighted by Crippen LogP contribution is -2.38. The van der Waals surface area contributed by atoms with E-state index in [1.165, 1.54) is 29.7 Å². The molecule has 1 saturated carbocycles. The molecule has 1 aliphatic heterocycles. The maximum atomic E-state index is 12.8. The lowest BCUT2D eigenvalue weighted by molar-refractivity contribution is -0.122. The summed E-state index contributed by atoms with van der Waals surface area (Å²) in [4.78, 5) is 41.6. The third-order valence-corrected chi connectivity index (χ3v) is 6.64. The van der Waals surface area contributed by atoms with Crippen LogP contribution in [-0.2, 0) is 9.59 Å². The van der Waals surface area contributed by atoms with Crippen LogP contribution in [0.4, 0.5) is 5.69 Å². The number of carbonyl (C=O) groups excluding carboxylic acids is 3. The van der Waals surface area contributed by atoms with Gasteiger partial charge in [0.25, 0.3) is 5.91 Å². The summed E-state index contributed by atoms with van der Waals surface area (Å²) in [6, 6.07) is 7.25. The second kappa shape index (κ2) is 7.53. The van der Waals surface area contributed by atoms with Gasteiger partial charge in [-0.05, 0) is 56.9 Å². The number of hydrogen-bond donors (Lipinski definition) is 0. The van der Waals surface area contributed by atoms with E-state index in [2.05, 4.69) is 6.08 Å². The zero-order valence-electron chi connectivity index (χ0n) is 16.7. The topological polar surface area (TPSA) is 57.7 Å². The van der Waals surface area contributed by atoms with Crippen molar-refractivity contribution < 1.29 is 14.4 Å². The van der Waals surface area contributed by atoms with Crippen molar-refractivity contribution in [3.8, 4) is 0 Å². The summed E-state index contributed by atoms with van der Waals surface area (Å²) in [5.41, 5.74) is 2.35. The Labute approximate surface area is 166 Å². The molecule has 1 aromatic rings. The van der Waals surface area contributed by atoms with Crippen molar-refractivity contribution in [3.63, 3.8) is 0 Å². The molecule has 28 heavy (non-hydrogen) atoms. The van der Waals surface area contributed by atoms with Gasteiger partial charge in [-0.15, -0.1) is 0 Å². The molecule has 3 aliphatic rings. The van der Waals surface area contributed by atoms with Gasteiger partial charge < -0.3 is 4.90 Å². The van der Waals surface area contributed by atoms with Gasteiger partial charge in [0, 0.05) is 18.7 Å². The molecule has 0 bridgehead atoms. The molecule has 3 amide bonds. The molecular formula is C23H28N2O3. The van der Waals surface area contributed by atoms with Crippen molar-refractivity contribution in [1.82, 2.24) is 4.90 Å². The zero-order chi connectivity index (χ0) is 19.8. The van der Waals surface area contributed by atoms with E-state index in [0.29, 0.717) is 30.1 Å². The Kier molecular flexibility index (Phi) is 5.09. The predicted molar refractivity (Wildman–Crippen MR) is 108 cm³/mol. The van der Waals surface area contributed by atoms with E-state index in [-0.39, 0.29) is 29.6 Å². The van der Waals surface area contributed by atoms with E-state index >= 15 is 0 Å². The lowest BCUT2D eigenvalue weighted by atomic mass is 9.82. The maximum absolute atomic E-state index is 12.8. The van der Waals surface area contributed by atoms with E-state index in [1.807, 2.05) is 18.9 Å². The molecule has 1 saturated heterocycles. The third kappa shape index (κ3) is 3.27. The molecule has 0 unspecified atom stereocenters. The first kappa shape index (κ1) is 18.9. The number of carbonyl (C=O) groups is 3. The Morgan fingerprint density at radius 2 is 1.64 bits per heavy atom. The molecule has 4 rings (SSSR count). The second-order valence-electron chi connectivity index (χ2n) is 8.47. The molecule has 0 radical (unpaired) electrons. The minimum atomic E-state index is -0.241. The molecule has 0 aromatic heterocycles. The lowest BCUT2D eigenvalue weighted by Gasteiger charge is -2.31. The van der Waals surface area contributed by atoms with Crippen LogP contribution >= 0.6 is 0 Å². The fourth-order valence-electron chi connectivity index (χ4n) is 4.88. The summed E-state index contributed by atoms with van der Waals surface area (Å²) in [6.07, 6.45) is 9.10. The van der Waals surface area contributed by atoms with Gasteiger partial charge in [0.15, 0.2) is 0 Å². The van der Waals surface area contributed by atoms with Crippen molar-refractivity contribution in [1.29, 1.82) is 0 Å². The van der Waals surface area contributed by atoms with Crippen LogP contribution in [0, 0.1) is 11.8 Å². The SMILES string of the molecule is CC1=CC[C@@H]2C(=O)N(c3ccc(C(=O)N(C)C4CCCCC4)cc3)C(=O)[C@@H]2C1. The van der Waals surface area contributed by atoms with Gasteiger partial charge in [0.1, 0.15) is 0 Å². The highest BCUT2D eigenvalue weighted by atomic mass is 16.2. The second-order valence-corrected chi connectivity index (χ2v) is 8.47. The quantitative estimate of drug-likeness (QED) is 0.590. The van der Waals surface area contributed by atoms with E-state index in [1.54, 1.807) is 24.3 Å². The van der Waals surface area contributed by atoms with Crippen molar-refractivity contribution in [2.75, 3.05) is 11.9 Å². The van der Waals surface area contributed by atoms with Crippen LogP contribution < -0.4 is 4.90 Å². The normalized spacial score (nSPS) is 25.5. The van der Waals surface area contributed by atoms with Crippen LogP contribution in [0.1, 0.15) is 62.2 Å². The number of imide groups is 1. The van der Waals surface area contributed by atoms with Crippen LogP contribution in [0.15, 0.2) is 35.9 Å². The highest BCUT2D eigenvalue weighted by Crippen LogP contribution is 2.39. The van der Waals surface area contributed by atoms with Crippen LogP contribution in [0.25, 0.3) is 0 Å². The third-order valence-electron chi connectivity index (χ3n) is 6.64. The van der Waals surface area contributed by atoms with Gasteiger partial charge in [-0.2, -0.15) is 0 Å². The van der Waals surface area contributed by atoms with Gasteiger partial charge in [0.05, 0.1) is 17.5 Å². The minimum absolute atomic E-state index is 0.00557. The van der Waals surface area contributed by atoms with Crippen LogP contribution in [0.3, 0.4) is 0 Å². The number of anilines is 1. The number of fused-ring (bicyclic) bond motifs is 1. The van der Waals surface area contributed by atoms with Crippen molar-refractivity contribution in [2.24, 2.45) is 11.8 Å². The number of hydrogen-bond acceptors (Lipinski definition) is 3. The molecule has 2 atom stereocenters. The highest BCUT2D eigenvalue weighted by molar-refractivity contribution is 6.22. The first-order chi connectivity index (χ1) is 13.5. The standard InChI is InChI=1S/C23H28N2O3/c1-15-8-13-19-20(14-15)23(28)25(22(19)27)18-11-9-16(10-12-18)21(26)24(2)17-6-4-3-5-7-17/h8-12,17,19-20H,3-7,13-14H2,1-2H3/t19-,20+/m0/s1. The molecule has 0 N–H and O–H groups in total. The summed E-state index contributed by atoms with van der Waals surface area (Å²) in [5.74, 6) is -0.699. The van der Waals surface area contributed by atoms with Gasteiger partial charge in [0.2, 0.25) is 11.8 Å². The van der Waals surface area contributed by atoms with Crippen LogP contribution in [-0.4, -0.2) is 35.7 Å². The van der Waals surface area contributed by atoms with Gasteiger partial charge in [-0.1, -0.05) is 30.9 Å². The molecule has 2 fully saturated rings. The Morgan fingerprint density at radius 1 is 1.00 bits per heavy atom. The van der Waals surface area contributed by atoms with Gasteiger partial charge in [-0.25, -0.2) is 0 Å². The van der Waals surface area contributed by atoms with Gasteiger partial charge >= 0.3 is 0 Å². The van der Waals surface area contributed by atoms with Gasteiger partial charge in [-0.3, -0.25) is 19.3 Å². The van der Waals surface area contributed by atoms with Crippen molar-refractivity contribution in [3.05, 3.63) is 41.5 Å². The largest absolute Gasteiger partial charge is 0.339 e. The minimum Gasteiger partial charge on any atom is -0.339 e. The Hall–Kier alpha value is -2.43. The summed E-state index contributed by atoms with van der Waals surface area (Å²) >= 11 is 0. The number of rotatable bonds is 3. The summed E-state index contributed by atoms with van der Waals surface area (Å²) in [7, 11) is 1.87. The molecular weight excluding hydrogens is 352 g/mol. The van der Waals surface area contributed by atoms with Crippen LogP contribution in [0.5, 0.6) is 0 Å². The number of nitrogens with zero attached hydrogens (tertiary/aromatic N) is 2. The van der Waals surface area contributed by atoms with E-state index in [4.69, 9.17) is 0 Å². The zero-order valence-corrected chi connectivity index (χ0v) is 16.7.